The molecule has 1 amide bonds. The van der Waals surface area contributed by atoms with E-state index in [2.05, 4.69) is 0 Å². The molecule has 8 nitrogen and oxygen atoms in total. The van der Waals surface area contributed by atoms with Gasteiger partial charge in [0.2, 0.25) is 15.9 Å². The van der Waals surface area contributed by atoms with Gasteiger partial charge < -0.3 is 14.2 Å². The third-order valence-electron chi connectivity index (χ3n) is 6.93. The Morgan fingerprint density at radius 3 is 2.38 bits per heavy atom. The first-order chi connectivity index (χ1) is 15.3. The molecule has 0 unspecified atom stereocenters. The lowest BCUT2D eigenvalue weighted by atomic mass is 10.00. The number of rotatable bonds is 5. The number of hydrogen-bond acceptors (Lipinski definition) is 5. The zero-order valence-electron chi connectivity index (χ0n) is 17.9. The fourth-order valence-electron chi connectivity index (χ4n) is 5.14. The largest absolute Gasteiger partial charge is 0.487 e. The summed E-state index contributed by atoms with van der Waals surface area (Å²) in [6.07, 6.45) is 3.49. The van der Waals surface area contributed by atoms with Gasteiger partial charge in [-0.15, -0.1) is 0 Å². The van der Waals surface area contributed by atoms with Crippen molar-refractivity contribution in [1.29, 1.82) is 0 Å². The number of carbonyl (C=O) groups is 1. The molecule has 1 aromatic heterocycles. The summed E-state index contributed by atoms with van der Waals surface area (Å²) >= 11 is 0. The Labute approximate surface area is 186 Å². The topological polar surface area (TPSA) is 88.9 Å². The summed E-state index contributed by atoms with van der Waals surface area (Å²) in [7, 11) is -3.63. The fourth-order valence-corrected chi connectivity index (χ4v) is 6.74. The van der Waals surface area contributed by atoms with Crippen molar-refractivity contribution in [3.63, 3.8) is 0 Å². The summed E-state index contributed by atoms with van der Waals surface area (Å²) in [6, 6.07) is 7.12. The number of ether oxygens (including phenoxy) is 1. The second kappa shape index (κ2) is 6.92. The van der Waals surface area contributed by atoms with Crippen LogP contribution in [0.1, 0.15) is 42.1 Å². The van der Waals surface area contributed by atoms with Crippen molar-refractivity contribution in [2.24, 2.45) is 0 Å². The van der Waals surface area contributed by atoms with Crippen LogP contribution in [0.15, 0.2) is 34.0 Å². The standard InChI is InChI=1S/C23H25N3O5S/c1-14-8-18(11-22(28)26(14)17-3-4-17)31-19-12-24(13-19)32(29,30)20-9-15-2-5-21(27)25-7-6-16(10-20)23(15)25/h8-11,17,19H,2-7,12-13H2,1H3. The van der Waals surface area contributed by atoms with Gasteiger partial charge in [0.05, 0.1) is 23.7 Å². The number of aromatic nitrogens is 1. The second-order valence-electron chi connectivity index (χ2n) is 9.22. The predicted octanol–water partition coefficient (Wildman–Crippen LogP) is 1.78. The highest BCUT2D eigenvalue weighted by atomic mass is 32.2. The van der Waals surface area contributed by atoms with E-state index in [0.717, 1.165) is 35.3 Å². The minimum Gasteiger partial charge on any atom is -0.487 e. The van der Waals surface area contributed by atoms with E-state index in [-0.39, 0.29) is 30.7 Å². The Morgan fingerprint density at radius 1 is 0.969 bits per heavy atom. The first kappa shape index (κ1) is 20.0. The first-order valence-corrected chi connectivity index (χ1v) is 12.6. The SMILES string of the molecule is Cc1cc(OC2CN(S(=O)(=O)c3cc4c5c(c3)CCN5C(=O)CC4)C2)cc(=O)n1C1CC1. The van der Waals surface area contributed by atoms with Crippen molar-refractivity contribution in [2.75, 3.05) is 24.5 Å². The van der Waals surface area contributed by atoms with E-state index in [0.29, 0.717) is 42.5 Å². The molecule has 0 spiro atoms. The van der Waals surface area contributed by atoms with Crippen molar-refractivity contribution >= 4 is 21.6 Å². The molecule has 4 aliphatic rings. The van der Waals surface area contributed by atoms with Crippen LogP contribution in [-0.4, -0.2) is 48.9 Å². The number of nitrogens with zero attached hydrogens (tertiary/aromatic N) is 3. The van der Waals surface area contributed by atoms with Gasteiger partial charge in [0, 0.05) is 30.8 Å². The highest BCUT2D eigenvalue weighted by Crippen LogP contribution is 2.39. The molecule has 0 atom stereocenters. The molecule has 168 valence electrons. The fraction of sp³-hybridized carbons (Fsp3) is 0.478. The first-order valence-electron chi connectivity index (χ1n) is 11.2. The van der Waals surface area contributed by atoms with E-state index in [9.17, 15) is 18.0 Å². The summed E-state index contributed by atoms with van der Waals surface area (Å²) in [5.41, 5.74) is 3.61. The molecule has 6 rings (SSSR count). The third kappa shape index (κ3) is 3.09. The maximum absolute atomic E-state index is 13.2. The lowest BCUT2D eigenvalue weighted by molar-refractivity contribution is -0.118. The Hall–Kier alpha value is -2.65. The van der Waals surface area contributed by atoms with Gasteiger partial charge in [-0.05, 0) is 61.9 Å². The van der Waals surface area contributed by atoms with Gasteiger partial charge in [0.25, 0.3) is 5.56 Å². The van der Waals surface area contributed by atoms with Crippen molar-refractivity contribution in [2.45, 2.75) is 56.1 Å². The van der Waals surface area contributed by atoms with E-state index in [4.69, 9.17) is 4.74 Å². The molecular formula is C23H25N3O5S. The van der Waals surface area contributed by atoms with Gasteiger partial charge in [-0.2, -0.15) is 4.31 Å². The zero-order valence-corrected chi connectivity index (χ0v) is 18.7. The molecule has 9 heteroatoms. The molecule has 0 N–H and O–H groups in total. The molecule has 1 aliphatic carbocycles. The van der Waals surface area contributed by atoms with Crippen LogP contribution in [0.2, 0.25) is 0 Å². The van der Waals surface area contributed by atoms with Crippen LogP contribution in [0.3, 0.4) is 0 Å². The molecule has 4 heterocycles. The third-order valence-corrected chi connectivity index (χ3v) is 8.74. The lowest BCUT2D eigenvalue weighted by Crippen LogP contribution is -2.56. The molecule has 3 aliphatic heterocycles. The minimum absolute atomic E-state index is 0.0639. The van der Waals surface area contributed by atoms with Gasteiger partial charge >= 0.3 is 0 Å². The predicted molar refractivity (Wildman–Crippen MR) is 118 cm³/mol. The summed E-state index contributed by atoms with van der Waals surface area (Å²) < 4.78 is 35.6. The highest BCUT2D eigenvalue weighted by Gasteiger charge is 2.40. The van der Waals surface area contributed by atoms with Crippen LogP contribution in [0.25, 0.3) is 0 Å². The Bertz CT molecular complexity index is 1310. The van der Waals surface area contributed by atoms with Crippen molar-refractivity contribution in [3.05, 3.63) is 51.4 Å². The van der Waals surface area contributed by atoms with Gasteiger partial charge in [0.15, 0.2) is 0 Å². The van der Waals surface area contributed by atoms with Gasteiger partial charge in [-0.25, -0.2) is 8.42 Å². The molecule has 0 bridgehead atoms. The number of pyridine rings is 1. The van der Waals surface area contributed by atoms with Crippen LogP contribution in [-0.2, 0) is 27.7 Å². The molecule has 32 heavy (non-hydrogen) atoms. The number of benzene rings is 1. The van der Waals surface area contributed by atoms with Gasteiger partial charge in [-0.1, -0.05) is 0 Å². The maximum atomic E-state index is 13.2. The van der Waals surface area contributed by atoms with E-state index >= 15 is 0 Å². The number of amides is 1. The molecular weight excluding hydrogens is 430 g/mol. The highest BCUT2D eigenvalue weighted by molar-refractivity contribution is 7.89. The maximum Gasteiger partial charge on any atom is 0.254 e. The Balaban J connectivity index is 1.18. The second-order valence-corrected chi connectivity index (χ2v) is 11.2. The summed E-state index contributed by atoms with van der Waals surface area (Å²) in [4.78, 5) is 26.6. The zero-order chi connectivity index (χ0) is 22.2. The summed E-state index contributed by atoms with van der Waals surface area (Å²) in [6.45, 7) is 3.04. The lowest BCUT2D eigenvalue weighted by Gasteiger charge is -2.38. The normalized spacial score (nSPS) is 20.9. The average molecular weight is 456 g/mol. The van der Waals surface area contributed by atoms with Crippen LogP contribution < -0.4 is 15.2 Å². The quantitative estimate of drug-likeness (QED) is 0.686. The minimum atomic E-state index is -3.63. The van der Waals surface area contributed by atoms with Crippen LogP contribution in [0.4, 0.5) is 5.69 Å². The van der Waals surface area contributed by atoms with Crippen molar-refractivity contribution in [3.8, 4) is 5.75 Å². The van der Waals surface area contributed by atoms with Crippen molar-refractivity contribution in [1.82, 2.24) is 8.87 Å². The molecule has 1 saturated carbocycles. The molecule has 0 radical (unpaired) electrons. The number of hydrogen-bond donors (Lipinski definition) is 0. The molecule has 2 fully saturated rings. The smallest absolute Gasteiger partial charge is 0.254 e. The number of aryl methyl sites for hydroxylation is 2. The van der Waals surface area contributed by atoms with E-state index in [1.807, 2.05) is 13.0 Å². The molecule has 1 aromatic carbocycles. The summed E-state index contributed by atoms with van der Waals surface area (Å²) in [5, 5.41) is 0. The summed E-state index contributed by atoms with van der Waals surface area (Å²) in [5.74, 6) is 0.618. The van der Waals surface area contributed by atoms with E-state index < -0.39 is 10.0 Å². The van der Waals surface area contributed by atoms with Gasteiger partial charge in [0.1, 0.15) is 11.9 Å². The molecule has 2 aromatic rings. The van der Waals surface area contributed by atoms with Crippen LogP contribution in [0, 0.1) is 6.92 Å². The van der Waals surface area contributed by atoms with Crippen LogP contribution in [0.5, 0.6) is 5.75 Å². The van der Waals surface area contributed by atoms with Gasteiger partial charge in [-0.3, -0.25) is 9.59 Å². The average Bonchev–Trinajstić information content (AvgIpc) is 3.44. The number of carbonyl (C=O) groups excluding carboxylic acids is 1. The Morgan fingerprint density at radius 2 is 1.69 bits per heavy atom. The number of sulfonamides is 1. The number of anilines is 1. The molecule has 1 saturated heterocycles. The Kier molecular flexibility index (Phi) is 4.32. The van der Waals surface area contributed by atoms with Crippen LogP contribution >= 0.6 is 0 Å². The van der Waals surface area contributed by atoms with Crippen molar-refractivity contribution < 1.29 is 17.9 Å². The van der Waals surface area contributed by atoms with E-state index in [1.54, 1.807) is 21.6 Å². The monoisotopic (exact) mass is 455 g/mol. The van der Waals surface area contributed by atoms with E-state index in [1.165, 1.54) is 10.4 Å².